The number of aromatic nitrogens is 2. The number of hydrogen-bond acceptors (Lipinski definition) is 8. The van der Waals surface area contributed by atoms with E-state index in [4.69, 9.17) is 37.5 Å². The van der Waals surface area contributed by atoms with Gasteiger partial charge in [0, 0.05) is 17.1 Å². The number of nitrogens with one attached hydrogen (secondary N) is 1. The van der Waals surface area contributed by atoms with Gasteiger partial charge < -0.3 is 14.5 Å². The summed E-state index contributed by atoms with van der Waals surface area (Å²) >= 11 is 13.0. The lowest BCUT2D eigenvalue weighted by Gasteiger charge is -2.07. The molecule has 170 valence electrons. The van der Waals surface area contributed by atoms with Crippen molar-refractivity contribution in [3.8, 4) is 5.75 Å². The van der Waals surface area contributed by atoms with Crippen molar-refractivity contribution in [1.82, 2.24) is 10.2 Å². The van der Waals surface area contributed by atoms with Crippen LogP contribution in [-0.2, 0) is 21.2 Å². The highest BCUT2D eigenvalue weighted by Gasteiger charge is 2.12. The van der Waals surface area contributed by atoms with Gasteiger partial charge in [-0.2, -0.15) is 0 Å². The second kappa shape index (κ2) is 11.0. The van der Waals surface area contributed by atoms with Gasteiger partial charge in [0.15, 0.2) is 0 Å². The highest BCUT2D eigenvalue weighted by atomic mass is 35.5. The number of nitrogens with zero attached hydrogens (tertiary/aromatic N) is 2. The van der Waals surface area contributed by atoms with E-state index in [-0.39, 0.29) is 21.8 Å². The third-order valence-corrected chi connectivity index (χ3v) is 6.21. The van der Waals surface area contributed by atoms with Crippen molar-refractivity contribution in [3.05, 3.63) is 58.4 Å². The zero-order valence-corrected chi connectivity index (χ0v) is 19.6. The number of benzene rings is 2. The number of ether oxygens (including phenoxy) is 1. The molecule has 3 aromatic rings. The lowest BCUT2D eigenvalue weighted by Crippen LogP contribution is -2.15. The molecule has 13 heteroatoms. The molecular weight excluding hydrogens is 499 g/mol. The van der Waals surface area contributed by atoms with Gasteiger partial charge in [0.1, 0.15) is 5.75 Å². The van der Waals surface area contributed by atoms with Gasteiger partial charge in [-0.1, -0.05) is 35.0 Å². The Morgan fingerprint density at radius 3 is 2.59 bits per heavy atom. The van der Waals surface area contributed by atoms with E-state index in [9.17, 15) is 13.2 Å². The second-order valence-corrected chi connectivity index (χ2v) is 9.73. The minimum atomic E-state index is -3.78. The smallest absolute Gasteiger partial charge is 0.277 e. The zero-order valence-electron chi connectivity index (χ0n) is 16.5. The molecule has 0 saturated heterocycles. The highest BCUT2D eigenvalue weighted by molar-refractivity contribution is 7.99. The first-order valence-corrected chi connectivity index (χ1v) is 12.5. The average molecular weight is 517 g/mol. The van der Waals surface area contributed by atoms with Gasteiger partial charge in [0.25, 0.3) is 5.22 Å². The fraction of sp³-hybridized carbons (Fsp3) is 0.211. The Kier molecular flexibility index (Phi) is 8.38. The molecule has 0 aliphatic heterocycles. The summed E-state index contributed by atoms with van der Waals surface area (Å²) in [5, 5.41) is 16.8. The van der Waals surface area contributed by atoms with Crippen LogP contribution in [0.25, 0.3) is 0 Å². The Morgan fingerprint density at radius 2 is 1.91 bits per heavy atom. The first kappa shape index (κ1) is 24.3. The van der Waals surface area contributed by atoms with Gasteiger partial charge in [0.05, 0.1) is 22.3 Å². The van der Waals surface area contributed by atoms with E-state index in [0.29, 0.717) is 46.8 Å². The van der Waals surface area contributed by atoms with Crippen LogP contribution in [-0.4, -0.2) is 36.9 Å². The Hall–Kier alpha value is -2.31. The van der Waals surface area contributed by atoms with E-state index in [0.717, 1.165) is 11.8 Å². The molecule has 3 N–H and O–H groups in total. The predicted molar refractivity (Wildman–Crippen MR) is 122 cm³/mol. The molecule has 1 aromatic heterocycles. The number of aryl methyl sites for hydroxylation is 1. The standard InChI is InChI=1S/C19H18Cl2N4O5S2/c20-12-3-8-16(15(21)10-12)29-9-1-2-18-24-25-19(30-18)31-11-17(26)23-13-4-6-14(7-5-13)32(22,27)28/h3-8,10H,1-2,9,11H2,(H,23,26)(H2,22,27,28). The molecule has 0 radical (unpaired) electrons. The molecule has 32 heavy (non-hydrogen) atoms. The van der Waals surface area contributed by atoms with Crippen LogP contribution in [0.15, 0.2) is 57.0 Å². The zero-order chi connectivity index (χ0) is 23.1. The number of anilines is 1. The molecule has 9 nitrogen and oxygen atoms in total. The van der Waals surface area contributed by atoms with Crippen LogP contribution < -0.4 is 15.2 Å². The summed E-state index contributed by atoms with van der Waals surface area (Å²) in [5.74, 6) is 0.698. The number of carbonyl (C=O) groups excluding carboxylic acids is 1. The molecule has 0 atom stereocenters. The summed E-state index contributed by atoms with van der Waals surface area (Å²) in [6.45, 7) is 0.402. The maximum Gasteiger partial charge on any atom is 0.277 e. The molecule has 3 rings (SSSR count). The Bertz CT molecular complexity index is 1190. The van der Waals surface area contributed by atoms with E-state index in [2.05, 4.69) is 15.5 Å². The van der Waals surface area contributed by atoms with E-state index >= 15 is 0 Å². The molecule has 0 saturated carbocycles. The van der Waals surface area contributed by atoms with E-state index in [1.54, 1.807) is 18.2 Å². The van der Waals surface area contributed by atoms with Gasteiger partial charge in [-0.15, -0.1) is 10.2 Å². The average Bonchev–Trinajstić information content (AvgIpc) is 3.18. The molecular formula is C19H18Cl2N4O5S2. The summed E-state index contributed by atoms with van der Waals surface area (Å²) in [6, 6.07) is 10.5. The highest BCUT2D eigenvalue weighted by Crippen LogP contribution is 2.27. The molecule has 2 aromatic carbocycles. The normalized spacial score (nSPS) is 11.3. The van der Waals surface area contributed by atoms with Crippen molar-refractivity contribution in [2.45, 2.75) is 23.0 Å². The summed E-state index contributed by atoms with van der Waals surface area (Å²) < 4.78 is 33.6. The molecule has 0 spiro atoms. The third kappa shape index (κ3) is 7.38. The predicted octanol–water partition coefficient (Wildman–Crippen LogP) is 3.77. The third-order valence-electron chi connectivity index (χ3n) is 3.93. The minimum absolute atomic E-state index is 0.0371. The molecule has 1 amide bonds. The molecule has 0 bridgehead atoms. The Labute approximate surface area is 198 Å². The lowest BCUT2D eigenvalue weighted by molar-refractivity contribution is -0.113. The van der Waals surface area contributed by atoms with Crippen molar-refractivity contribution in [2.24, 2.45) is 5.14 Å². The number of amides is 1. The van der Waals surface area contributed by atoms with Gasteiger partial charge in [-0.25, -0.2) is 13.6 Å². The summed E-state index contributed by atoms with van der Waals surface area (Å²) in [5.41, 5.74) is 0.440. The summed E-state index contributed by atoms with van der Waals surface area (Å²) in [6.07, 6.45) is 1.13. The van der Waals surface area contributed by atoms with Crippen LogP contribution in [0.4, 0.5) is 5.69 Å². The van der Waals surface area contributed by atoms with E-state index in [1.165, 1.54) is 24.3 Å². The quantitative estimate of drug-likeness (QED) is 0.306. The van der Waals surface area contributed by atoms with E-state index < -0.39 is 10.0 Å². The lowest BCUT2D eigenvalue weighted by atomic mass is 10.3. The van der Waals surface area contributed by atoms with Crippen molar-refractivity contribution in [3.63, 3.8) is 0 Å². The molecule has 0 unspecified atom stereocenters. The van der Waals surface area contributed by atoms with Crippen LogP contribution in [0.2, 0.25) is 10.0 Å². The number of thioether (sulfide) groups is 1. The van der Waals surface area contributed by atoms with Crippen molar-refractivity contribution in [1.29, 1.82) is 0 Å². The largest absolute Gasteiger partial charge is 0.492 e. The van der Waals surface area contributed by atoms with Gasteiger partial charge in [-0.05, 0) is 48.9 Å². The van der Waals surface area contributed by atoms with Gasteiger partial charge in [0.2, 0.25) is 21.8 Å². The number of hydrogen-bond donors (Lipinski definition) is 2. The van der Waals surface area contributed by atoms with Crippen molar-refractivity contribution in [2.75, 3.05) is 17.7 Å². The number of nitrogens with two attached hydrogens (primary N) is 1. The first-order chi connectivity index (χ1) is 15.2. The SMILES string of the molecule is NS(=O)(=O)c1ccc(NC(=O)CSc2nnc(CCCOc3ccc(Cl)cc3Cl)o2)cc1. The van der Waals surface area contributed by atoms with Crippen LogP contribution in [0.1, 0.15) is 12.3 Å². The van der Waals surface area contributed by atoms with Gasteiger partial charge in [-0.3, -0.25) is 4.79 Å². The summed E-state index contributed by atoms with van der Waals surface area (Å²) in [4.78, 5) is 12.0. The fourth-order valence-corrected chi connectivity index (χ4v) is 4.01. The molecule has 0 aliphatic rings. The minimum Gasteiger partial charge on any atom is -0.492 e. The first-order valence-electron chi connectivity index (χ1n) is 9.16. The number of carbonyl (C=O) groups is 1. The fourth-order valence-electron chi connectivity index (χ4n) is 2.45. The Balaban J connectivity index is 1.39. The number of rotatable bonds is 10. The van der Waals surface area contributed by atoms with Crippen LogP contribution in [0, 0.1) is 0 Å². The maximum atomic E-state index is 12.1. The molecule has 1 heterocycles. The van der Waals surface area contributed by atoms with Gasteiger partial charge >= 0.3 is 0 Å². The summed E-state index contributed by atoms with van der Waals surface area (Å²) in [7, 11) is -3.78. The second-order valence-electron chi connectivity index (χ2n) is 6.39. The Morgan fingerprint density at radius 1 is 1.16 bits per heavy atom. The molecule has 0 fully saturated rings. The number of primary sulfonamides is 1. The monoisotopic (exact) mass is 516 g/mol. The maximum absolute atomic E-state index is 12.1. The van der Waals surface area contributed by atoms with E-state index in [1.807, 2.05) is 0 Å². The number of halogens is 2. The van der Waals surface area contributed by atoms with Crippen LogP contribution in [0.3, 0.4) is 0 Å². The van der Waals surface area contributed by atoms with Crippen molar-refractivity contribution >= 4 is 56.6 Å². The molecule has 0 aliphatic carbocycles. The number of sulfonamides is 1. The van der Waals surface area contributed by atoms with Crippen LogP contribution >= 0.6 is 35.0 Å². The van der Waals surface area contributed by atoms with Crippen LogP contribution in [0.5, 0.6) is 5.75 Å². The van der Waals surface area contributed by atoms with Crippen molar-refractivity contribution < 1.29 is 22.4 Å². The topological polar surface area (TPSA) is 137 Å².